The van der Waals surface area contributed by atoms with Crippen LogP contribution in [-0.2, 0) is 0 Å². The molecule has 1 aromatic carbocycles. The standard InChI is InChI=1S/C7H2Cl2F4S/c8-3-1-2-4(6(10)5(3)9)14-7(11,12)13/h1-2H. The Balaban J connectivity index is 3.06. The Hall–Kier alpha value is -0.130. The largest absolute Gasteiger partial charge is 0.446 e. The number of thioether (sulfide) groups is 1. The minimum Gasteiger partial charge on any atom is -0.204 e. The van der Waals surface area contributed by atoms with E-state index in [9.17, 15) is 17.6 Å². The van der Waals surface area contributed by atoms with Crippen molar-refractivity contribution in [3.05, 3.63) is 28.0 Å². The lowest BCUT2D eigenvalue weighted by Gasteiger charge is -2.07. The molecule has 0 radical (unpaired) electrons. The lowest BCUT2D eigenvalue weighted by atomic mass is 10.3. The lowest BCUT2D eigenvalue weighted by molar-refractivity contribution is -0.0329. The Morgan fingerprint density at radius 2 is 1.71 bits per heavy atom. The maximum Gasteiger partial charge on any atom is 0.446 e. The van der Waals surface area contributed by atoms with Crippen LogP contribution in [0.15, 0.2) is 17.0 Å². The van der Waals surface area contributed by atoms with Crippen molar-refractivity contribution >= 4 is 35.0 Å². The van der Waals surface area contributed by atoms with Gasteiger partial charge in [0.25, 0.3) is 0 Å². The van der Waals surface area contributed by atoms with E-state index >= 15 is 0 Å². The summed E-state index contributed by atoms with van der Waals surface area (Å²) in [5.41, 5.74) is -4.54. The quantitative estimate of drug-likeness (QED) is 0.401. The van der Waals surface area contributed by atoms with Gasteiger partial charge in [0, 0.05) is 0 Å². The first-order valence-corrected chi connectivity index (χ1v) is 4.78. The summed E-state index contributed by atoms with van der Waals surface area (Å²) < 4.78 is 48.7. The maximum absolute atomic E-state index is 13.1. The van der Waals surface area contributed by atoms with Crippen LogP contribution in [0.5, 0.6) is 0 Å². The first kappa shape index (κ1) is 11.9. The first-order valence-electron chi connectivity index (χ1n) is 3.20. The van der Waals surface area contributed by atoms with Crippen molar-refractivity contribution in [3.63, 3.8) is 0 Å². The van der Waals surface area contributed by atoms with Crippen molar-refractivity contribution in [2.45, 2.75) is 10.4 Å². The summed E-state index contributed by atoms with van der Waals surface area (Å²) in [4.78, 5) is -0.591. The molecule has 0 nitrogen and oxygen atoms in total. The van der Waals surface area contributed by atoms with Crippen molar-refractivity contribution in [1.29, 1.82) is 0 Å². The predicted molar refractivity (Wildman–Crippen MR) is 48.3 cm³/mol. The molecule has 0 aliphatic carbocycles. The van der Waals surface area contributed by atoms with Crippen LogP contribution in [0, 0.1) is 5.82 Å². The average molecular weight is 265 g/mol. The molecule has 1 aromatic rings. The van der Waals surface area contributed by atoms with Gasteiger partial charge in [0.05, 0.1) is 14.9 Å². The zero-order valence-corrected chi connectivity index (χ0v) is 8.66. The number of rotatable bonds is 1. The van der Waals surface area contributed by atoms with E-state index in [4.69, 9.17) is 23.2 Å². The molecule has 0 N–H and O–H groups in total. The van der Waals surface area contributed by atoms with Crippen LogP contribution in [0.1, 0.15) is 0 Å². The normalized spacial score (nSPS) is 11.9. The molecule has 0 fully saturated rings. The van der Waals surface area contributed by atoms with Gasteiger partial charge in [0.15, 0.2) is 5.82 Å². The molecule has 0 aromatic heterocycles. The highest BCUT2D eigenvalue weighted by atomic mass is 35.5. The van der Waals surface area contributed by atoms with E-state index in [1.807, 2.05) is 0 Å². The fourth-order valence-corrected chi connectivity index (χ4v) is 1.66. The van der Waals surface area contributed by atoms with Crippen LogP contribution in [0.25, 0.3) is 0 Å². The number of halogens is 6. The van der Waals surface area contributed by atoms with Gasteiger partial charge in [-0.1, -0.05) is 23.2 Å². The third-order valence-corrected chi connectivity index (χ3v) is 2.77. The van der Waals surface area contributed by atoms with Gasteiger partial charge in [0.2, 0.25) is 0 Å². The molecule has 0 heterocycles. The molecule has 0 saturated carbocycles. The Morgan fingerprint density at radius 3 is 2.21 bits per heavy atom. The second-order valence-electron chi connectivity index (χ2n) is 2.22. The van der Waals surface area contributed by atoms with E-state index in [1.165, 1.54) is 0 Å². The molecule has 0 amide bonds. The maximum atomic E-state index is 13.1. The highest BCUT2D eigenvalue weighted by Crippen LogP contribution is 2.40. The molecule has 0 aliphatic heterocycles. The van der Waals surface area contributed by atoms with Gasteiger partial charge in [0.1, 0.15) is 0 Å². The summed E-state index contributed by atoms with van der Waals surface area (Å²) in [5, 5.41) is -0.614. The summed E-state index contributed by atoms with van der Waals surface area (Å²) in [6.45, 7) is 0. The van der Waals surface area contributed by atoms with E-state index in [0.29, 0.717) is 0 Å². The van der Waals surface area contributed by atoms with Crippen LogP contribution in [0.4, 0.5) is 17.6 Å². The summed E-state index contributed by atoms with van der Waals surface area (Å²) in [6, 6.07) is 2.04. The van der Waals surface area contributed by atoms with Crippen molar-refractivity contribution in [2.75, 3.05) is 0 Å². The van der Waals surface area contributed by atoms with E-state index < -0.39 is 33.0 Å². The van der Waals surface area contributed by atoms with Gasteiger partial charge >= 0.3 is 5.51 Å². The molecule has 0 bridgehead atoms. The number of benzene rings is 1. The second kappa shape index (κ2) is 4.16. The SMILES string of the molecule is Fc1c(SC(F)(F)F)ccc(Cl)c1Cl. The number of alkyl halides is 3. The molecule has 0 atom stereocenters. The molecular weight excluding hydrogens is 263 g/mol. The topological polar surface area (TPSA) is 0 Å². The minimum atomic E-state index is -4.54. The van der Waals surface area contributed by atoms with Crippen LogP contribution in [-0.4, -0.2) is 5.51 Å². The molecule has 14 heavy (non-hydrogen) atoms. The Labute approximate surface area is 91.2 Å². The molecule has 1 rings (SSSR count). The van der Waals surface area contributed by atoms with Crippen molar-refractivity contribution in [1.82, 2.24) is 0 Å². The monoisotopic (exact) mass is 264 g/mol. The number of hydrogen-bond acceptors (Lipinski definition) is 1. The van der Waals surface area contributed by atoms with Crippen molar-refractivity contribution < 1.29 is 17.6 Å². The van der Waals surface area contributed by atoms with E-state index in [-0.39, 0.29) is 5.02 Å². The van der Waals surface area contributed by atoms with Gasteiger partial charge in [-0.25, -0.2) is 4.39 Å². The average Bonchev–Trinajstić information content (AvgIpc) is 2.04. The zero-order chi connectivity index (χ0) is 10.9. The number of hydrogen-bond donors (Lipinski definition) is 0. The van der Waals surface area contributed by atoms with Gasteiger partial charge in [-0.15, -0.1) is 0 Å². The summed E-state index contributed by atoms with van der Waals surface area (Å²) in [7, 11) is 0. The van der Waals surface area contributed by atoms with Gasteiger partial charge in [-0.05, 0) is 23.9 Å². The van der Waals surface area contributed by atoms with E-state index in [0.717, 1.165) is 12.1 Å². The van der Waals surface area contributed by atoms with E-state index in [2.05, 4.69) is 0 Å². The fourth-order valence-electron chi connectivity index (χ4n) is 0.712. The minimum absolute atomic E-state index is 0.115. The fraction of sp³-hybridized carbons (Fsp3) is 0.143. The molecular formula is C7H2Cl2F4S. The Kier molecular flexibility index (Phi) is 3.55. The Morgan fingerprint density at radius 1 is 1.14 bits per heavy atom. The molecule has 0 spiro atoms. The summed E-state index contributed by atoms with van der Waals surface area (Å²) in [5.74, 6) is -1.15. The first-order chi connectivity index (χ1) is 6.31. The molecule has 0 unspecified atom stereocenters. The zero-order valence-electron chi connectivity index (χ0n) is 6.33. The predicted octanol–water partition coefficient (Wildman–Crippen LogP) is 4.74. The van der Waals surface area contributed by atoms with Gasteiger partial charge in [-0.2, -0.15) is 13.2 Å². The summed E-state index contributed by atoms with van der Waals surface area (Å²) in [6.07, 6.45) is 0. The third kappa shape index (κ3) is 2.93. The van der Waals surface area contributed by atoms with Crippen molar-refractivity contribution in [2.24, 2.45) is 0 Å². The second-order valence-corrected chi connectivity index (χ2v) is 4.11. The van der Waals surface area contributed by atoms with E-state index in [1.54, 1.807) is 0 Å². The van der Waals surface area contributed by atoms with Gasteiger partial charge < -0.3 is 0 Å². The summed E-state index contributed by atoms with van der Waals surface area (Å²) >= 11 is 10.2. The molecule has 78 valence electrons. The third-order valence-electron chi connectivity index (χ3n) is 1.23. The highest BCUT2D eigenvalue weighted by molar-refractivity contribution is 8.00. The van der Waals surface area contributed by atoms with Gasteiger partial charge in [-0.3, -0.25) is 0 Å². The molecule has 0 aliphatic rings. The van der Waals surface area contributed by atoms with Crippen LogP contribution in [0.3, 0.4) is 0 Å². The highest BCUT2D eigenvalue weighted by Gasteiger charge is 2.31. The van der Waals surface area contributed by atoms with Crippen molar-refractivity contribution in [3.8, 4) is 0 Å². The smallest absolute Gasteiger partial charge is 0.204 e. The molecule has 0 saturated heterocycles. The van der Waals surface area contributed by atoms with Crippen LogP contribution >= 0.6 is 35.0 Å². The molecule has 7 heteroatoms. The van der Waals surface area contributed by atoms with Crippen LogP contribution < -0.4 is 0 Å². The van der Waals surface area contributed by atoms with Crippen LogP contribution in [0.2, 0.25) is 10.0 Å². The lowest BCUT2D eigenvalue weighted by Crippen LogP contribution is -2.00. The Bertz CT molecular complexity index is 350.